The molecule has 38 heavy (non-hydrogen) atoms. The molecule has 190 valence electrons. The number of aryl methyl sites for hydroxylation is 1. The molecule has 2 aliphatic rings. The van der Waals surface area contributed by atoms with Crippen LogP contribution in [0.4, 0.5) is 14.6 Å². The quantitative estimate of drug-likeness (QED) is 0.310. The fourth-order valence-corrected chi connectivity index (χ4v) is 5.44. The molecule has 0 amide bonds. The molecule has 4 aromatic rings. The summed E-state index contributed by atoms with van der Waals surface area (Å²) in [5.74, 6) is 4.91. The number of anilines is 1. The Morgan fingerprint density at radius 2 is 1.71 bits per heavy atom. The van der Waals surface area contributed by atoms with Crippen LogP contribution in [0.15, 0.2) is 54.9 Å². The van der Waals surface area contributed by atoms with Gasteiger partial charge in [-0.2, -0.15) is 0 Å². The first-order chi connectivity index (χ1) is 18.5. The van der Waals surface area contributed by atoms with E-state index >= 15 is 0 Å². The number of benzene rings is 2. The van der Waals surface area contributed by atoms with Crippen LogP contribution in [0.2, 0.25) is 0 Å². The number of imidazole rings is 1. The van der Waals surface area contributed by atoms with Crippen molar-refractivity contribution in [2.24, 2.45) is 0 Å². The molecule has 2 aromatic heterocycles. The Balaban J connectivity index is 1.17. The molecule has 5 nitrogen and oxygen atoms in total. The lowest BCUT2D eigenvalue weighted by Crippen LogP contribution is -2.34. The zero-order chi connectivity index (χ0) is 26.2. The van der Waals surface area contributed by atoms with E-state index in [4.69, 9.17) is 11.4 Å². The van der Waals surface area contributed by atoms with Crippen LogP contribution in [0.3, 0.4) is 0 Å². The van der Waals surface area contributed by atoms with Gasteiger partial charge in [-0.1, -0.05) is 42.3 Å². The predicted octanol–water partition coefficient (Wildman–Crippen LogP) is 6.57. The molecule has 3 heterocycles. The molecular formula is C31H27F2N5. The smallest absolute Gasteiger partial charge is 0.263 e. The average molecular weight is 508 g/mol. The van der Waals surface area contributed by atoms with Crippen molar-refractivity contribution in [2.45, 2.75) is 38.5 Å². The minimum Gasteiger partial charge on any atom is -0.356 e. The van der Waals surface area contributed by atoms with Gasteiger partial charge in [-0.15, -0.1) is 6.42 Å². The van der Waals surface area contributed by atoms with Gasteiger partial charge in [0, 0.05) is 53.4 Å². The number of hydrogen-bond acceptors (Lipinski definition) is 4. The number of fused-ring (bicyclic) bond motifs is 1. The van der Waals surface area contributed by atoms with Gasteiger partial charge in [0.2, 0.25) is 0 Å². The van der Waals surface area contributed by atoms with Crippen LogP contribution in [0.5, 0.6) is 0 Å². The fraction of sp³-hybridized carbons (Fsp3) is 0.258. The van der Waals surface area contributed by atoms with Gasteiger partial charge >= 0.3 is 0 Å². The number of aromatic amines is 1. The van der Waals surface area contributed by atoms with Crippen molar-refractivity contribution >= 4 is 17.5 Å². The van der Waals surface area contributed by atoms with E-state index in [2.05, 4.69) is 44.0 Å². The molecule has 0 bridgehead atoms. The number of hydrogen-bond donors (Lipinski definition) is 1. The van der Waals surface area contributed by atoms with Gasteiger partial charge in [-0.3, -0.25) is 0 Å². The number of terminal acetylenes is 1. The minimum atomic E-state index is -2.47. The van der Waals surface area contributed by atoms with Crippen LogP contribution in [-0.4, -0.2) is 33.0 Å². The predicted molar refractivity (Wildman–Crippen MR) is 146 cm³/mol. The lowest BCUT2D eigenvalue weighted by Gasteiger charge is -2.32. The maximum Gasteiger partial charge on any atom is 0.263 e. The number of piperidine rings is 1. The molecule has 1 aliphatic carbocycles. The van der Waals surface area contributed by atoms with Gasteiger partial charge in [0.05, 0.1) is 11.4 Å². The lowest BCUT2D eigenvalue weighted by molar-refractivity contribution is 0.151. The highest BCUT2D eigenvalue weighted by molar-refractivity contribution is 5.91. The average Bonchev–Trinajstić information content (AvgIpc) is 3.57. The number of aromatic nitrogens is 4. The third kappa shape index (κ3) is 4.47. The molecule has 0 atom stereocenters. The van der Waals surface area contributed by atoms with Gasteiger partial charge in [-0.05, 0) is 49.1 Å². The molecular weight excluding hydrogens is 480 g/mol. The third-order valence-electron chi connectivity index (χ3n) is 7.56. The van der Waals surface area contributed by atoms with Crippen LogP contribution in [0.1, 0.15) is 64.7 Å². The number of nitrogens with zero attached hydrogens (tertiary/aromatic N) is 4. The van der Waals surface area contributed by atoms with E-state index in [1.165, 1.54) is 17.7 Å². The Kier molecular flexibility index (Phi) is 6.24. The Bertz CT molecular complexity index is 1540. The number of allylic oxidation sites excluding steroid dienone is 1. The van der Waals surface area contributed by atoms with E-state index in [9.17, 15) is 8.78 Å². The van der Waals surface area contributed by atoms with Crippen LogP contribution in [-0.2, 0) is 6.42 Å². The van der Waals surface area contributed by atoms with Crippen molar-refractivity contribution in [1.82, 2.24) is 19.9 Å². The van der Waals surface area contributed by atoms with E-state index in [0.717, 1.165) is 83.3 Å². The lowest BCUT2D eigenvalue weighted by atomic mass is 9.96. The monoisotopic (exact) mass is 507 g/mol. The Hall–Kier alpha value is -4.31. The summed E-state index contributed by atoms with van der Waals surface area (Å²) in [4.78, 5) is 19.9. The number of nitrogens with one attached hydrogen (secondary N) is 1. The zero-order valence-corrected chi connectivity index (χ0v) is 21.1. The number of rotatable bonds is 5. The third-order valence-corrected chi connectivity index (χ3v) is 7.56. The number of H-pyrrole nitrogens is 1. The van der Waals surface area contributed by atoms with Crippen LogP contribution in [0.25, 0.3) is 22.9 Å². The summed E-state index contributed by atoms with van der Waals surface area (Å²) < 4.78 is 25.9. The second-order valence-electron chi connectivity index (χ2n) is 9.91. The number of halogens is 2. The second-order valence-corrected chi connectivity index (χ2v) is 9.91. The van der Waals surface area contributed by atoms with Crippen molar-refractivity contribution in [3.05, 3.63) is 94.3 Å². The van der Waals surface area contributed by atoms with E-state index in [1.54, 1.807) is 18.5 Å². The number of alkyl halides is 2. The standard InChI is InChI=1S/C31H27F2N5/c1-3-20-4-6-21(7-5-20)25-16-26-27(17-25)34-18-35-31(26)38-14-12-24(13-15-38)30-36-19(2)28(37-30)22-8-10-23(11-9-22)29(32)33/h1,4-11,16,18,24,29H,12-15,17H2,2H3,(H,36,37). The molecule has 1 fully saturated rings. The minimum absolute atomic E-state index is 0.0227. The Morgan fingerprint density at radius 3 is 2.39 bits per heavy atom. The first kappa shape index (κ1) is 24.1. The summed E-state index contributed by atoms with van der Waals surface area (Å²) in [6, 6.07) is 14.5. The summed E-state index contributed by atoms with van der Waals surface area (Å²) in [6.07, 6.45) is 9.58. The molecule has 1 N–H and O–H groups in total. The Labute approximate surface area is 220 Å². The molecule has 0 radical (unpaired) electrons. The van der Waals surface area contributed by atoms with Crippen molar-refractivity contribution in [3.63, 3.8) is 0 Å². The summed E-state index contributed by atoms with van der Waals surface area (Å²) in [5, 5.41) is 0. The van der Waals surface area contributed by atoms with E-state index in [0.29, 0.717) is 5.92 Å². The van der Waals surface area contributed by atoms with Gasteiger partial charge in [0.15, 0.2) is 0 Å². The van der Waals surface area contributed by atoms with E-state index in [-0.39, 0.29) is 5.56 Å². The second kappa shape index (κ2) is 9.86. The molecule has 2 aromatic carbocycles. The molecule has 7 heteroatoms. The van der Waals surface area contributed by atoms with Crippen LogP contribution in [0, 0.1) is 19.3 Å². The maximum absolute atomic E-state index is 12.9. The largest absolute Gasteiger partial charge is 0.356 e. The first-order valence-electron chi connectivity index (χ1n) is 12.8. The topological polar surface area (TPSA) is 57.7 Å². The van der Waals surface area contributed by atoms with Gasteiger partial charge < -0.3 is 9.88 Å². The van der Waals surface area contributed by atoms with E-state index in [1.807, 2.05) is 19.1 Å². The highest BCUT2D eigenvalue weighted by Gasteiger charge is 2.28. The van der Waals surface area contributed by atoms with Crippen molar-refractivity contribution in [1.29, 1.82) is 0 Å². The molecule has 0 spiro atoms. The summed E-state index contributed by atoms with van der Waals surface area (Å²) in [6.45, 7) is 3.72. The summed E-state index contributed by atoms with van der Waals surface area (Å²) in [5.41, 5.74) is 8.05. The zero-order valence-electron chi connectivity index (χ0n) is 21.1. The fourth-order valence-electron chi connectivity index (χ4n) is 5.44. The summed E-state index contributed by atoms with van der Waals surface area (Å²) >= 11 is 0. The summed E-state index contributed by atoms with van der Waals surface area (Å²) in [7, 11) is 0. The van der Waals surface area contributed by atoms with E-state index < -0.39 is 6.43 Å². The van der Waals surface area contributed by atoms with Gasteiger partial charge in [-0.25, -0.2) is 23.7 Å². The highest BCUT2D eigenvalue weighted by Crippen LogP contribution is 2.37. The van der Waals surface area contributed by atoms with Crippen molar-refractivity contribution < 1.29 is 8.78 Å². The van der Waals surface area contributed by atoms with Crippen molar-refractivity contribution in [2.75, 3.05) is 18.0 Å². The van der Waals surface area contributed by atoms with Gasteiger partial charge in [0.25, 0.3) is 6.43 Å². The highest BCUT2D eigenvalue weighted by atomic mass is 19.3. The Morgan fingerprint density at radius 1 is 1.00 bits per heavy atom. The molecule has 6 rings (SSSR count). The SMILES string of the molecule is C#Cc1ccc(C2=Cc3c(ncnc3N3CCC(c4nc(-c5ccc(C(F)F)cc5)c(C)[nH]4)CC3)C2)cc1. The van der Waals surface area contributed by atoms with Crippen LogP contribution < -0.4 is 4.90 Å². The molecule has 1 saturated heterocycles. The molecule has 0 saturated carbocycles. The first-order valence-corrected chi connectivity index (χ1v) is 12.8. The molecule has 1 aliphatic heterocycles. The van der Waals surface area contributed by atoms with Crippen molar-refractivity contribution in [3.8, 4) is 23.6 Å². The van der Waals surface area contributed by atoms with Crippen LogP contribution >= 0.6 is 0 Å². The van der Waals surface area contributed by atoms with Gasteiger partial charge in [0.1, 0.15) is 18.0 Å². The maximum atomic E-state index is 12.9. The molecule has 0 unspecified atom stereocenters. The normalized spacial score (nSPS) is 15.4.